The first-order valence-corrected chi connectivity index (χ1v) is 9.27. The van der Waals surface area contributed by atoms with Crippen molar-refractivity contribution in [3.05, 3.63) is 35.1 Å². The van der Waals surface area contributed by atoms with Crippen molar-refractivity contribution >= 4 is 41.1 Å². The average Bonchev–Trinajstić information content (AvgIpc) is 3.17. The number of nitrogens with zero attached hydrogens (tertiary/aromatic N) is 5. The fraction of sp³-hybridized carbons (Fsp3) is 0.316. The molecule has 150 valence electrons. The van der Waals surface area contributed by atoms with Gasteiger partial charge < -0.3 is 4.74 Å². The summed E-state index contributed by atoms with van der Waals surface area (Å²) in [6.07, 6.45) is 1.79. The zero-order chi connectivity index (χ0) is 21.0. The average molecular weight is 417 g/mol. The van der Waals surface area contributed by atoms with Crippen molar-refractivity contribution in [3.8, 4) is 11.4 Å². The highest BCUT2D eigenvalue weighted by molar-refractivity contribution is 6.32. The highest BCUT2D eigenvalue weighted by Gasteiger charge is 2.53. The molecule has 0 bridgehead atoms. The summed E-state index contributed by atoms with van der Waals surface area (Å²) in [5, 5.41) is 0.441. The first kappa shape index (κ1) is 19.1. The van der Waals surface area contributed by atoms with Gasteiger partial charge in [0.05, 0.1) is 18.7 Å². The Bertz CT molecular complexity index is 1110. The summed E-state index contributed by atoms with van der Waals surface area (Å²) in [6.45, 7) is 2.95. The lowest BCUT2D eigenvalue weighted by Crippen LogP contribution is -2.63. The van der Waals surface area contributed by atoms with Crippen LogP contribution < -0.4 is 9.30 Å². The van der Waals surface area contributed by atoms with E-state index in [9.17, 15) is 14.4 Å². The second-order valence-corrected chi connectivity index (χ2v) is 7.38. The lowest BCUT2D eigenvalue weighted by molar-refractivity contribution is -0.676. The Labute approximate surface area is 171 Å². The van der Waals surface area contributed by atoms with E-state index in [0.29, 0.717) is 22.6 Å². The number of halogens is 1. The predicted molar refractivity (Wildman–Crippen MR) is 104 cm³/mol. The molecule has 1 aromatic heterocycles. The van der Waals surface area contributed by atoms with E-state index in [4.69, 9.17) is 16.3 Å². The lowest BCUT2D eigenvalue weighted by atomic mass is 10.1. The number of aliphatic imine (C=N–C) groups is 1. The summed E-state index contributed by atoms with van der Waals surface area (Å²) in [4.78, 5) is 44.0. The largest absolute Gasteiger partial charge is 0.495 e. The molecule has 0 aliphatic carbocycles. The molecule has 1 atom stereocenters. The molecular formula is C19H19ClN5O4+. The molecule has 9 nitrogen and oxygen atoms in total. The number of carbonyl (C=O) groups excluding carboxylic acids is 3. The molecule has 3 heterocycles. The molecule has 2 aliphatic heterocycles. The number of aromatic nitrogens is 2. The number of hydrogen-bond acceptors (Lipinski definition) is 5. The molecule has 1 unspecified atom stereocenters. The summed E-state index contributed by atoms with van der Waals surface area (Å²) in [6, 6.07) is 3.95. The minimum atomic E-state index is -0.805. The number of likely N-dealkylation sites (N-methyl/N-ethyl adjacent to an activating group) is 1. The fourth-order valence-electron chi connectivity index (χ4n) is 3.67. The van der Waals surface area contributed by atoms with E-state index in [2.05, 4.69) is 4.99 Å². The third-order valence-corrected chi connectivity index (χ3v) is 5.28. The van der Waals surface area contributed by atoms with Crippen molar-refractivity contribution in [1.82, 2.24) is 14.4 Å². The molecule has 0 spiro atoms. The van der Waals surface area contributed by atoms with Crippen molar-refractivity contribution < 1.29 is 23.7 Å². The minimum absolute atomic E-state index is 0.268. The number of rotatable bonds is 4. The van der Waals surface area contributed by atoms with Crippen LogP contribution in [0.3, 0.4) is 0 Å². The van der Waals surface area contributed by atoms with Crippen molar-refractivity contribution in [2.45, 2.75) is 19.9 Å². The van der Waals surface area contributed by atoms with Gasteiger partial charge in [0.15, 0.2) is 0 Å². The topological polar surface area (TPSA) is 88.1 Å². The molecule has 0 radical (unpaired) electrons. The van der Waals surface area contributed by atoms with Gasteiger partial charge in [-0.3, -0.25) is 19.4 Å². The maximum absolute atomic E-state index is 13.0. The smallest absolute Gasteiger partial charge is 0.406 e. The Kier molecular flexibility index (Phi) is 4.42. The van der Waals surface area contributed by atoms with E-state index in [-0.39, 0.29) is 12.3 Å². The number of carbonyl (C=O) groups is 3. The molecule has 2 aromatic rings. The number of benzene rings is 1. The summed E-state index contributed by atoms with van der Waals surface area (Å²) in [5.74, 6) is 0.607. The monoisotopic (exact) mass is 416 g/mol. The Morgan fingerprint density at radius 2 is 2.07 bits per heavy atom. The van der Waals surface area contributed by atoms with Crippen molar-refractivity contribution in [2.24, 2.45) is 4.99 Å². The van der Waals surface area contributed by atoms with Gasteiger partial charge in [-0.05, 0) is 32.0 Å². The standard InChI is InChI=1S/C19H19ClN5O4/c1-10-8-23-15-16(22(3)19(28)24(17(15)27)9-11(2)26)21-18(23)25(10)12-5-6-14(29-4)13(20)7-12/h5-8,15H,9H2,1-4H3/q+1. The minimum Gasteiger partial charge on any atom is -0.495 e. The van der Waals surface area contributed by atoms with Gasteiger partial charge in [-0.15, -0.1) is 0 Å². The van der Waals surface area contributed by atoms with Gasteiger partial charge in [0.1, 0.15) is 29.1 Å². The maximum atomic E-state index is 13.0. The van der Waals surface area contributed by atoms with Crippen LogP contribution in [0.2, 0.25) is 5.02 Å². The first-order valence-electron chi connectivity index (χ1n) is 8.89. The number of aryl methyl sites for hydroxylation is 1. The van der Waals surface area contributed by atoms with Crippen molar-refractivity contribution in [3.63, 3.8) is 0 Å². The molecule has 3 amide bonds. The number of amidine groups is 1. The van der Waals surface area contributed by atoms with Gasteiger partial charge in [-0.1, -0.05) is 16.6 Å². The summed E-state index contributed by atoms with van der Waals surface area (Å²) < 4.78 is 8.76. The maximum Gasteiger partial charge on any atom is 0.406 e. The second-order valence-electron chi connectivity index (χ2n) is 6.97. The molecule has 2 aliphatic rings. The molecule has 1 aromatic carbocycles. The van der Waals surface area contributed by atoms with Crippen LogP contribution in [0.15, 0.2) is 29.4 Å². The number of ketones is 1. The Morgan fingerprint density at radius 1 is 1.34 bits per heavy atom. The normalized spacial score (nSPS) is 18.0. The Balaban J connectivity index is 1.83. The third kappa shape index (κ3) is 2.80. The number of fused-ring (bicyclic) bond motifs is 3. The Morgan fingerprint density at radius 3 is 2.69 bits per heavy atom. The zero-order valence-corrected chi connectivity index (χ0v) is 17.1. The lowest BCUT2D eigenvalue weighted by Gasteiger charge is -2.32. The van der Waals surface area contributed by atoms with E-state index in [1.54, 1.807) is 29.9 Å². The number of imide groups is 1. The van der Waals surface area contributed by atoms with Gasteiger partial charge >= 0.3 is 12.0 Å². The van der Waals surface area contributed by atoms with Crippen LogP contribution in [0.5, 0.6) is 5.75 Å². The summed E-state index contributed by atoms with van der Waals surface area (Å²) in [7, 11) is 3.08. The van der Waals surface area contributed by atoms with Crippen LogP contribution in [0.1, 0.15) is 18.7 Å². The van der Waals surface area contributed by atoms with Crippen LogP contribution >= 0.6 is 11.6 Å². The van der Waals surface area contributed by atoms with E-state index in [0.717, 1.165) is 16.3 Å². The summed E-state index contributed by atoms with van der Waals surface area (Å²) in [5.41, 5.74) is 1.57. The SMILES string of the molecule is COc1ccc(-n2c(C)c[n+]3c2N=C2C3C(=O)N(CC(C)=O)C(=O)N2C)cc1Cl. The van der Waals surface area contributed by atoms with Gasteiger partial charge in [0.25, 0.3) is 5.91 Å². The number of urea groups is 1. The molecule has 10 heteroatoms. The van der Waals surface area contributed by atoms with Gasteiger partial charge in [-0.25, -0.2) is 9.36 Å². The number of imidazole rings is 1. The number of ether oxygens (including phenoxy) is 1. The van der Waals surface area contributed by atoms with E-state index >= 15 is 0 Å². The third-order valence-electron chi connectivity index (χ3n) is 4.98. The van der Waals surface area contributed by atoms with Crippen LogP contribution in [0.4, 0.5) is 10.7 Å². The van der Waals surface area contributed by atoms with Crippen molar-refractivity contribution in [1.29, 1.82) is 0 Å². The quantitative estimate of drug-likeness (QED) is 0.711. The second kappa shape index (κ2) is 6.70. The van der Waals surface area contributed by atoms with Crippen LogP contribution in [-0.2, 0) is 9.59 Å². The van der Waals surface area contributed by atoms with Crippen LogP contribution in [-0.4, -0.2) is 58.6 Å². The number of Topliss-reactive ketones (excluding diaryl/α,β-unsaturated/α-hetero) is 1. The molecule has 1 fully saturated rings. The molecule has 0 saturated carbocycles. The fourth-order valence-corrected chi connectivity index (χ4v) is 3.92. The Hall–Kier alpha value is -3.20. The van der Waals surface area contributed by atoms with E-state index in [1.807, 2.05) is 17.6 Å². The highest BCUT2D eigenvalue weighted by Crippen LogP contribution is 2.33. The van der Waals surface area contributed by atoms with Crippen LogP contribution in [0, 0.1) is 6.92 Å². The molecule has 0 N–H and O–H groups in total. The van der Waals surface area contributed by atoms with Gasteiger partial charge in [0, 0.05) is 7.05 Å². The number of hydrogen-bond donors (Lipinski definition) is 0. The van der Waals surface area contributed by atoms with Gasteiger partial charge in [0.2, 0.25) is 11.9 Å². The van der Waals surface area contributed by atoms with E-state index in [1.165, 1.54) is 18.9 Å². The summed E-state index contributed by atoms with van der Waals surface area (Å²) >= 11 is 6.28. The van der Waals surface area contributed by atoms with Gasteiger partial charge in [-0.2, -0.15) is 4.57 Å². The highest BCUT2D eigenvalue weighted by atomic mass is 35.5. The molecule has 4 rings (SSSR count). The zero-order valence-electron chi connectivity index (χ0n) is 16.3. The van der Waals surface area contributed by atoms with E-state index < -0.39 is 18.0 Å². The molecule has 1 saturated heterocycles. The number of amides is 3. The molecule has 29 heavy (non-hydrogen) atoms. The number of methoxy groups -OCH3 is 1. The predicted octanol–water partition coefficient (Wildman–Crippen LogP) is 1.80. The van der Waals surface area contributed by atoms with Crippen molar-refractivity contribution in [2.75, 3.05) is 20.7 Å². The first-order chi connectivity index (χ1) is 13.7. The van der Waals surface area contributed by atoms with Crippen LogP contribution in [0.25, 0.3) is 5.69 Å². The molecular weight excluding hydrogens is 398 g/mol.